The van der Waals surface area contributed by atoms with Gasteiger partial charge in [-0.3, -0.25) is 4.79 Å². The van der Waals surface area contributed by atoms with Gasteiger partial charge in [0.1, 0.15) is 11.5 Å². The highest BCUT2D eigenvalue weighted by atomic mass is 35.5. The fraction of sp³-hybridized carbons (Fsp3) is 0.320. The highest BCUT2D eigenvalue weighted by Crippen LogP contribution is 2.20. The van der Waals surface area contributed by atoms with E-state index in [1.54, 1.807) is 0 Å². The smallest absolute Gasteiger partial charge is 0.286 e. The molecule has 8 heteroatoms. The Morgan fingerprint density at radius 2 is 1.67 bits per heavy atom. The molecule has 0 saturated heterocycles. The Bertz CT molecular complexity index is 1130. The SMILES string of the molecule is CCCCN(CCCNC(=O)c1ccc(CS(=O)(=O)c2ccc(Cl)cc2)o1)c1ccccc1. The molecule has 0 bridgehead atoms. The fourth-order valence-electron chi connectivity index (χ4n) is 3.41. The van der Waals surface area contributed by atoms with Gasteiger partial charge in [-0.2, -0.15) is 0 Å². The van der Waals surface area contributed by atoms with E-state index in [1.165, 1.54) is 42.1 Å². The Labute approximate surface area is 200 Å². The molecule has 0 saturated carbocycles. The second-order valence-electron chi connectivity index (χ2n) is 7.76. The standard InChI is InChI=1S/C25H29ClN2O4S/c1-2-3-17-28(21-8-5-4-6-9-21)18-7-16-27-25(29)24-15-12-22(32-24)19-33(30,31)23-13-10-20(26)11-14-23/h4-6,8-15H,2-3,7,16-19H2,1H3,(H,27,29). The summed E-state index contributed by atoms with van der Waals surface area (Å²) in [5.41, 5.74) is 1.18. The van der Waals surface area contributed by atoms with Crippen molar-refractivity contribution in [1.82, 2.24) is 5.32 Å². The van der Waals surface area contributed by atoms with Crippen LogP contribution in [-0.4, -0.2) is 34.0 Å². The van der Waals surface area contributed by atoms with Gasteiger partial charge in [0, 0.05) is 30.3 Å². The third kappa shape index (κ3) is 7.37. The molecular weight excluding hydrogens is 460 g/mol. The van der Waals surface area contributed by atoms with Gasteiger partial charge < -0.3 is 14.6 Å². The zero-order valence-electron chi connectivity index (χ0n) is 18.7. The van der Waals surface area contributed by atoms with Crippen molar-refractivity contribution in [2.24, 2.45) is 0 Å². The number of furan rings is 1. The zero-order valence-corrected chi connectivity index (χ0v) is 20.2. The molecule has 0 radical (unpaired) electrons. The Balaban J connectivity index is 1.50. The molecule has 0 atom stereocenters. The quantitative estimate of drug-likeness (QED) is 0.348. The van der Waals surface area contributed by atoms with Crippen LogP contribution in [0.4, 0.5) is 5.69 Å². The summed E-state index contributed by atoms with van der Waals surface area (Å²) in [4.78, 5) is 14.9. The van der Waals surface area contributed by atoms with Gasteiger partial charge in [-0.05, 0) is 61.4 Å². The van der Waals surface area contributed by atoms with Crippen molar-refractivity contribution >= 4 is 33.0 Å². The Morgan fingerprint density at radius 3 is 2.36 bits per heavy atom. The van der Waals surface area contributed by atoms with Gasteiger partial charge in [0.05, 0.1) is 4.90 Å². The first-order chi connectivity index (χ1) is 15.9. The summed E-state index contributed by atoms with van der Waals surface area (Å²) in [5.74, 6) is -0.372. The molecule has 176 valence electrons. The van der Waals surface area contributed by atoms with Crippen molar-refractivity contribution in [2.75, 3.05) is 24.5 Å². The van der Waals surface area contributed by atoms with Gasteiger partial charge in [0.2, 0.25) is 0 Å². The van der Waals surface area contributed by atoms with Gasteiger partial charge in [-0.15, -0.1) is 0 Å². The number of para-hydroxylation sites is 1. The van der Waals surface area contributed by atoms with Crippen molar-refractivity contribution in [1.29, 1.82) is 0 Å². The van der Waals surface area contributed by atoms with Crippen LogP contribution in [-0.2, 0) is 15.6 Å². The van der Waals surface area contributed by atoms with Crippen LogP contribution in [0.15, 0.2) is 76.0 Å². The minimum Gasteiger partial charge on any atom is -0.455 e. The second kappa shape index (κ2) is 11.9. The average Bonchev–Trinajstić information content (AvgIpc) is 3.27. The predicted molar refractivity (Wildman–Crippen MR) is 132 cm³/mol. The number of carbonyl (C=O) groups is 1. The molecular formula is C25H29ClN2O4S. The normalized spacial score (nSPS) is 11.3. The first-order valence-corrected chi connectivity index (χ1v) is 13.1. The largest absolute Gasteiger partial charge is 0.455 e. The number of carbonyl (C=O) groups excluding carboxylic acids is 1. The zero-order chi connectivity index (χ0) is 23.7. The molecule has 3 rings (SSSR count). The number of nitrogens with one attached hydrogen (secondary N) is 1. The maximum atomic E-state index is 12.6. The topological polar surface area (TPSA) is 79.6 Å². The van der Waals surface area contributed by atoms with Crippen LogP contribution in [0.25, 0.3) is 0 Å². The molecule has 6 nitrogen and oxygen atoms in total. The van der Waals surface area contributed by atoms with E-state index >= 15 is 0 Å². The number of amides is 1. The molecule has 0 aliphatic carbocycles. The first kappa shape index (κ1) is 24.9. The van der Waals surface area contributed by atoms with Crippen LogP contribution in [0.1, 0.15) is 42.5 Å². The molecule has 0 fully saturated rings. The molecule has 0 aliphatic heterocycles. The summed E-state index contributed by atoms with van der Waals surface area (Å²) in [6.45, 7) is 4.46. The molecule has 0 spiro atoms. The highest BCUT2D eigenvalue weighted by molar-refractivity contribution is 7.90. The van der Waals surface area contributed by atoms with Crippen LogP contribution < -0.4 is 10.2 Å². The lowest BCUT2D eigenvalue weighted by Gasteiger charge is -2.24. The number of anilines is 1. The minimum absolute atomic E-state index is 0.0993. The number of unbranched alkanes of at least 4 members (excludes halogenated alkanes) is 1. The molecule has 0 unspecified atom stereocenters. The first-order valence-electron chi connectivity index (χ1n) is 11.0. The number of benzene rings is 2. The van der Waals surface area contributed by atoms with Crippen LogP contribution in [0.2, 0.25) is 5.02 Å². The van der Waals surface area contributed by atoms with Gasteiger partial charge in [0.25, 0.3) is 5.91 Å². The molecule has 3 aromatic rings. The number of sulfone groups is 1. The number of hydrogen-bond acceptors (Lipinski definition) is 5. The Kier molecular flexibility index (Phi) is 8.97. The highest BCUT2D eigenvalue weighted by Gasteiger charge is 2.19. The van der Waals surface area contributed by atoms with Crippen molar-refractivity contribution in [3.8, 4) is 0 Å². The monoisotopic (exact) mass is 488 g/mol. The van der Waals surface area contributed by atoms with Crippen LogP contribution in [0, 0.1) is 0 Å². The van der Waals surface area contributed by atoms with Gasteiger partial charge in [0.15, 0.2) is 15.6 Å². The van der Waals surface area contributed by atoms with E-state index in [1.807, 2.05) is 18.2 Å². The van der Waals surface area contributed by atoms with E-state index < -0.39 is 9.84 Å². The van der Waals surface area contributed by atoms with Gasteiger partial charge >= 0.3 is 0 Å². The summed E-state index contributed by atoms with van der Waals surface area (Å²) < 4.78 is 30.6. The van der Waals surface area contributed by atoms with E-state index in [2.05, 4.69) is 29.3 Å². The van der Waals surface area contributed by atoms with Crippen molar-refractivity contribution in [3.05, 3.63) is 83.3 Å². The molecule has 0 aliphatic rings. The van der Waals surface area contributed by atoms with E-state index in [4.69, 9.17) is 16.0 Å². The van der Waals surface area contributed by atoms with Crippen LogP contribution in [0.5, 0.6) is 0 Å². The Hall–Kier alpha value is -2.77. The Morgan fingerprint density at radius 1 is 0.970 bits per heavy atom. The number of hydrogen-bond donors (Lipinski definition) is 1. The maximum absolute atomic E-state index is 12.6. The second-order valence-corrected chi connectivity index (χ2v) is 10.2. The minimum atomic E-state index is -3.60. The molecule has 1 amide bonds. The van der Waals surface area contributed by atoms with E-state index in [-0.39, 0.29) is 28.1 Å². The summed E-state index contributed by atoms with van der Waals surface area (Å²) in [7, 11) is -3.60. The van der Waals surface area contributed by atoms with Crippen molar-refractivity contribution in [3.63, 3.8) is 0 Å². The summed E-state index contributed by atoms with van der Waals surface area (Å²) in [5, 5.41) is 3.31. The third-order valence-corrected chi connectivity index (χ3v) is 7.09. The predicted octanol–water partition coefficient (Wildman–Crippen LogP) is 5.33. The molecule has 1 heterocycles. The van der Waals surface area contributed by atoms with Crippen molar-refractivity contribution in [2.45, 2.75) is 36.8 Å². The van der Waals surface area contributed by atoms with Gasteiger partial charge in [-0.1, -0.05) is 43.1 Å². The number of halogens is 1. The van der Waals surface area contributed by atoms with E-state index in [9.17, 15) is 13.2 Å². The molecule has 1 N–H and O–H groups in total. The van der Waals surface area contributed by atoms with E-state index in [0.717, 1.165) is 32.4 Å². The summed E-state index contributed by atoms with van der Waals surface area (Å²) >= 11 is 5.82. The summed E-state index contributed by atoms with van der Waals surface area (Å²) in [6, 6.07) is 19.2. The lowest BCUT2D eigenvalue weighted by atomic mass is 10.2. The number of rotatable bonds is 12. The molecule has 33 heavy (non-hydrogen) atoms. The fourth-order valence-corrected chi connectivity index (χ4v) is 4.78. The molecule has 2 aromatic carbocycles. The van der Waals surface area contributed by atoms with Crippen LogP contribution in [0.3, 0.4) is 0 Å². The van der Waals surface area contributed by atoms with Crippen LogP contribution >= 0.6 is 11.6 Å². The van der Waals surface area contributed by atoms with Gasteiger partial charge in [-0.25, -0.2) is 8.42 Å². The number of nitrogens with zero attached hydrogens (tertiary/aromatic N) is 1. The summed E-state index contributed by atoms with van der Waals surface area (Å²) in [6.07, 6.45) is 3.01. The average molecular weight is 489 g/mol. The third-order valence-electron chi connectivity index (χ3n) is 5.18. The lowest BCUT2D eigenvalue weighted by Crippen LogP contribution is -2.30. The lowest BCUT2D eigenvalue weighted by molar-refractivity contribution is 0.0924. The van der Waals surface area contributed by atoms with Crippen molar-refractivity contribution < 1.29 is 17.6 Å². The molecule has 1 aromatic heterocycles. The maximum Gasteiger partial charge on any atom is 0.286 e. The van der Waals surface area contributed by atoms with E-state index in [0.29, 0.717) is 11.6 Å².